The number of nitrogens with zero attached hydrogens (tertiary/aromatic N) is 2. The fourth-order valence-corrected chi connectivity index (χ4v) is 4.54. The standard InChI is InChI=1S/C27H29ClN4O3S/c1-5-25(31-26-9-7-6-8-19(26)2)23-18-21(12-15-24(23)28)30-27(33)20-10-13-22(14-11-20)36(34,35)29-16-17-32(3)4/h5-15,18,29H,1,16-17H2,2-4H3,(H,30,33). The zero-order valence-corrected chi connectivity index (χ0v) is 22.0. The van der Waals surface area contributed by atoms with Crippen molar-refractivity contribution in [2.45, 2.75) is 11.8 Å². The van der Waals surface area contributed by atoms with E-state index in [-0.39, 0.29) is 17.3 Å². The normalized spacial score (nSPS) is 12.0. The van der Waals surface area contributed by atoms with E-state index < -0.39 is 10.0 Å². The van der Waals surface area contributed by atoms with Gasteiger partial charge in [-0.3, -0.25) is 4.79 Å². The molecule has 0 aromatic heterocycles. The number of hydrogen-bond donors (Lipinski definition) is 2. The summed E-state index contributed by atoms with van der Waals surface area (Å²) in [5.41, 5.74) is 3.83. The molecule has 3 rings (SSSR count). The van der Waals surface area contributed by atoms with Crippen LogP contribution in [0.15, 0.2) is 89.3 Å². The van der Waals surface area contributed by atoms with Crippen LogP contribution in [0, 0.1) is 6.92 Å². The maximum atomic E-state index is 12.8. The second-order valence-corrected chi connectivity index (χ2v) is 10.5. The van der Waals surface area contributed by atoms with E-state index in [0.29, 0.717) is 34.1 Å². The molecule has 3 aromatic rings. The number of hydrogen-bond acceptors (Lipinski definition) is 5. The number of halogens is 1. The third-order valence-corrected chi connectivity index (χ3v) is 7.13. The number of para-hydroxylation sites is 1. The number of aliphatic imine (C=N–C) groups is 1. The van der Waals surface area contributed by atoms with Crippen molar-refractivity contribution in [3.63, 3.8) is 0 Å². The Morgan fingerprint density at radius 1 is 1.08 bits per heavy atom. The van der Waals surface area contributed by atoms with Crippen LogP contribution in [0.3, 0.4) is 0 Å². The molecule has 36 heavy (non-hydrogen) atoms. The van der Waals surface area contributed by atoms with E-state index in [2.05, 4.69) is 21.6 Å². The Hall–Kier alpha value is -3.30. The first-order valence-electron chi connectivity index (χ1n) is 11.2. The van der Waals surface area contributed by atoms with Gasteiger partial charge in [0.2, 0.25) is 10.0 Å². The first kappa shape index (κ1) is 27.3. The highest BCUT2D eigenvalue weighted by molar-refractivity contribution is 7.89. The van der Waals surface area contributed by atoms with Crippen molar-refractivity contribution in [1.29, 1.82) is 0 Å². The summed E-state index contributed by atoms with van der Waals surface area (Å²) < 4.78 is 27.4. The zero-order chi connectivity index (χ0) is 26.3. The topological polar surface area (TPSA) is 90.9 Å². The van der Waals surface area contributed by atoms with Crippen molar-refractivity contribution in [3.05, 3.63) is 101 Å². The average Bonchev–Trinajstić information content (AvgIpc) is 2.84. The Morgan fingerprint density at radius 2 is 1.78 bits per heavy atom. The second kappa shape index (κ2) is 12.1. The van der Waals surface area contributed by atoms with E-state index in [1.807, 2.05) is 50.2 Å². The number of nitrogens with one attached hydrogen (secondary N) is 2. The van der Waals surface area contributed by atoms with Crippen LogP contribution in [0.2, 0.25) is 5.02 Å². The fourth-order valence-electron chi connectivity index (χ4n) is 3.31. The molecular formula is C27H29ClN4O3S. The Kier molecular flexibility index (Phi) is 9.17. The zero-order valence-electron chi connectivity index (χ0n) is 20.5. The van der Waals surface area contributed by atoms with Gasteiger partial charge >= 0.3 is 0 Å². The number of amides is 1. The van der Waals surface area contributed by atoms with Gasteiger partial charge in [-0.1, -0.05) is 36.4 Å². The maximum Gasteiger partial charge on any atom is 0.255 e. The lowest BCUT2D eigenvalue weighted by Gasteiger charge is -2.12. The van der Waals surface area contributed by atoms with Crippen LogP contribution in [0.5, 0.6) is 0 Å². The number of aryl methyl sites for hydroxylation is 1. The molecule has 0 saturated heterocycles. The minimum absolute atomic E-state index is 0.0922. The largest absolute Gasteiger partial charge is 0.322 e. The van der Waals surface area contributed by atoms with Crippen LogP contribution in [-0.2, 0) is 10.0 Å². The number of likely N-dealkylation sites (N-methyl/N-ethyl adjacent to an activating group) is 1. The summed E-state index contributed by atoms with van der Waals surface area (Å²) in [7, 11) is 0.0686. The molecule has 0 aliphatic carbocycles. The minimum Gasteiger partial charge on any atom is -0.322 e. The van der Waals surface area contributed by atoms with Gasteiger partial charge in [0, 0.05) is 29.9 Å². The summed E-state index contributed by atoms with van der Waals surface area (Å²) in [6.45, 7) is 6.69. The molecular weight excluding hydrogens is 496 g/mol. The SMILES string of the molecule is C=CC(=Nc1ccccc1C)c1cc(NC(=O)c2ccc(S(=O)(=O)NCCN(C)C)cc2)ccc1Cl. The highest BCUT2D eigenvalue weighted by Gasteiger charge is 2.15. The molecule has 0 spiro atoms. The smallest absolute Gasteiger partial charge is 0.255 e. The maximum absolute atomic E-state index is 12.8. The Bertz CT molecular complexity index is 1380. The third kappa shape index (κ3) is 7.11. The average molecular weight is 525 g/mol. The van der Waals surface area contributed by atoms with Crippen LogP contribution in [0.25, 0.3) is 0 Å². The quantitative estimate of drug-likeness (QED) is 0.363. The van der Waals surface area contributed by atoms with Gasteiger partial charge in [-0.2, -0.15) is 0 Å². The molecule has 0 radical (unpaired) electrons. The molecule has 0 saturated carbocycles. The van der Waals surface area contributed by atoms with Gasteiger partial charge in [0.25, 0.3) is 5.91 Å². The lowest BCUT2D eigenvalue weighted by atomic mass is 10.1. The summed E-state index contributed by atoms with van der Waals surface area (Å²) in [4.78, 5) is 19.5. The summed E-state index contributed by atoms with van der Waals surface area (Å²) in [6, 6.07) is 18.6. The van der Waals surface area contributed by atoms with Crippen molar-refractivity contribution < 1.29 is 13.2 Å². The molecule has 0 unspecified atom stereocenters. The van der Waals surface area contributed by atoms with E-state index >= 15 is 0 Å². The number of anilines is 1. The molecule has 3 aromatic carbocycles. The lowest BCUT2D eigenvalue weighted by Crippen LogP contribution is -2.31. The van der Waals surface area contributed by atoms with Gasteiger partial charge < -0.3 is 10.2 Å². The second-order valence-electron chi connectivity index (χ2n) is 8.36. The van der Waals surface area contributed by atoms with Gasteiger partial charge in [0.15, 0.2) is 0 Å². The van der Waals surface area contributed by atoms with Gasteiger partial charge in [0.05, 0.1) is 21.3 Å². The van der Waals surface area contributed by atoms with Crippen molar-refractivity contribution in [2.24, 2.45) is 4.99 Å². The van der Waals surface area contributed by atoms with Crippen molar-refractivity contribution in [2.75, 3.05) is 32.5 Å². The van der Waals surface area contributed by atoms with Crippen molar-refractivity contribution in [3.8, 4) is 0 Å². The molecule has 1 amide bonds. The van der Waals surface area contributed by atoms with E-state index in [1.54, 1.807) is 24.3 Å². The number of carbonyl (C=O) groups is 1. The molecule has 0 aliphatic heterocycles. The summed E-state index contributed by atoms with van der Waals surface area (Å²) in [6.07, 6.45) is 1.62. The summed E-state index contributed by atoms with van der Waals surface area (Å²) in [5, 5.41) is 3.30. The van der Waals surface area contributed by atoms with Crippen LogP contribution in [-0.4, -0.2) is 52.1 Å². The molecule has 0 atom stereocenters. The van der Waals surface area contributed by atoms with Crippen molar-refractivity contribution in [1.82, 2.24) is 9.62 Å². The third-order valence-electron chi connectivity index (χ3n) is 5.33. The van der Waals surface area contributed by atoms with Gasteiger partial charge in [0.1, 0.15) is 0 Å². The highest BCUT2D eigenvalue weighted by atomic mass is 35.5. The summed E-state index contributed by atoms with van der Waals surface area (Å²) >= 11 is 6.44. The molecule has 7 nitrogen and oxygen atoms in total. The predicted octanol–water partition coefficient (Wildman–Crippen LogP) is 5.05. The van der Waals surface area contributed by atoms with Gasteiger partial charge in [-0.25, -0.2) is 18.1 Å². The first-order chi connectivity index (χ1) is 17.1. The van der Waals surface area contributed by atoms with Gasteiger partial charge in [-0.15, -0.1) is 0 Å². The predicted molar refractivity (Wildman–Crippen MR) is 147 cm³/mol. The summed E-state index contributed by atoms with van der Waals surface area (Å²) in [5.74, 6) is -0.385. The number of sulfonamides is 1. The molecule has 188 valence electrons. The van der Waals surface area contributed by atoms with Crippen LogP contribution in [0.4, 0.5) is 11.4 Å². The van der Waals surface area contributed by atoms with E-state index in [9.17, 15) is 13.2 Å². The number of carbonyl (C=O) groups excluding carboxylic acids is 1. The Morgan fingerprint density at radius 3 is 2.42 bits per heavy atom. The van der Waals surface area contributed by atoms with E-state index in [1.165, 1.54) is 24.3 Å². The van der Waals surface area contributed by atoms with Crippen molar-refractivity contribution >= 4 is 44.6 Å². The molecule has 9 heteroatoms. The minimum atomic E-state index is -3.65. The molecule has 0 heterocycles. The molecule has 0 aliphatic rings. The Labute approximate surface area is 217 Å². The lowest BCUT2D eigenvalue weighted by molar-refractivity contribution is 0.102. The number of rotatable bonds is 10. The van der Waals surface area contributed by atoms with E-state index in [0.717, 1.165) is 11.3 Å². The van der Waals surface area contributed by atoms with Crippen LogP contribution >= 0.6 is 11.6 Å². The monoisotopic (exact) mass is 524 g/mol. The Balaban J connectivity index is 1.78. The highest BCUT2D eigenvalue weighted by Crippen LogP contribution is 2.25. The van der Waals surface area contributed by atoms with Gasteiger partial charge in [-0.05, 0) is 81.2 Å². The van der Waals surface area contributed by atoms with Crippen LogP contribution in [0.1, 0.15) is 21.5 Å². The number of allylic oxidation sites excluding steroid dienone is 1. The number of benzene rings is 3. The first-order valence-corrected chi connectivity index (χ1v) is 13.1. The fraction of sp³-hybridized carbons (Fsp3) is 0.185. The molecule has 2 N–H and O–H groups in total. The van der Waals surface area contributed by atoms with E-state index in [4.69, 9.17) is 11.6 Å². The molecule has 0 fully saturated rings. The molecule has 0 bridgehead atoms. The van der Waals surface area contributed by atoms with Crippen LogP contribution < -0.4 is 10.0 Å².